The maximum absolute atomic E-state index is 12.6. The van der Waals surface area contributed by atoms with E-state index >= 15 is 0 Å². The van der Waals surface area contributed by atoms with Crippen LogP contribution in [0.15, 0.2) is 28.8 Å². The van der Waals surface area contributed by atoms with Crippen LogP contribution in [0.1, 0.15) is 19.0 Å². The molecule has 2 atom stereocenters. The minimum absolute atomic E-state index is 0.0123. The normalized spacial score (nSPS) is 23.9. The van der Waals surface area contributed by atoms with E-state index in [0.717, 1.165) is 11.8 Å². The Hall–Kier alpha value is -1.44. The van der Waals surface area contributed by atoms with Crippen molar-refractivity contribution in [2.75, 3.05) is 13.1 Å². The van der Waals surface area contributed by atoms with Gasteiger partial charge in [-0.2, -0.15) is 4.31 Å². The van der Waals surface area contributed by atoms with Gasteiger partial charge in [0.25, 0.3) is 0 Å². The Balaban J connectivity index is 1.86. The summed E-state index contributed by atoms with van der Waals surface area (Å²) >= 11 is 0. The molecule has 2 N–H and O–H groups in total. The van der Waals surface area contributed by atoms with Crippen LogP contribution in [0.4, 0.5) is 0 Å². The van der Waals surface area contributed by atoms with Gasteiger partial charge < -0.3 is 10.3 Å². The van der Waals surface area contributed by atoms with Gasteiger partial charge in [0.15, 0.2) is 5.58 Å². The van der Waals surface area contributed by atoms with Crippen molar-refractivity contribution >= 4 is 21.0 Å². The molecule has 7 heteroatoms. The fourth-order valence-electron chi connectivity index (χ4n) is 2.97. The summed E-state index contributed by atoms with van der Waals surface area (Å²) < 4.78 is 32.0. The van der Waals surface area contributed by atoms with E-state index in [9.17, 15) is 8.42 Å². The SMILES string of the molecule is CC1CC(CN)CN1S(=O)(=O)Cc1noc2ccccc12. The lowest BCUT2D eigenvalue weighted by Crippen LogP contribution is -2.35. The number of nitrogens with two attached hydrogens (primary N) is 1. The number of sulfonamides is 1. The van der Waals surface area contributed by atoms with Crippen LogP contribution in [0.3, 0.4) is 0 Å². The third-order valence-electron chi connectivity index (χ3n) is 4.07. The highest BCUT2D eigenvalue weighted by Gasteiger charge is 2.37. The number of aromatic nitrogens is 1. The lowest BCUT2D eigenvalue weighted by Gasteiger charge is -2.20. The first-order valence-electron chi connectivity index (χ1n) is 7.04. The Morgan fingerprint density at radius 2 is 2.19 bits per heavy atom. The van der Waals surface area contributed by atoms with Crippen molar-refractivity contribution in [2.45, 2.75) is 25.1 Å². The lowest BCUT2D eigenvalue weighted by atomic mass is 10.1. The predicted octanol–water partition coefficient (Wildman–Crippen LogP) is 1.33. The Labute approximate surface area is 123 Å². The average molecular weight is 309 g/mol. The molecule has 1 aromatic carbocycles. The molecule has 1 fully saturated rings. The molecule has 3 rings (SSSR count). The summed E-state index contributed by atoms with van der Waals surface area (Å²) in [6.07, 6.45) is 0.815. The summed E-state index contributed by atoms with van der Waals surface area (Å²) in [5.41, 5.74) is 6.74. The third kappa shape index (κ3) is 2.68. The Bertz CT molecular complexity index is 741. The molecular formula is C14H19N3O3S. The predicted molar refractivity (Wildman–Crippen MR) is 80.0 cm³/mol. The van der Waals surface area contributed by atoms with E-state index in [-0.39, 0.29) is 17.7 Å². The molecule has 21 heavy (non-hydrogen) atoms. The fraction of sp³-hybridized carbons (Fsp3) is 0.500. The molecule has 1 aliphatic heterocycles. The van der Waals surface area contributed by atoms with Crippen LogP contribution in [0.25, 0.3) is 11.0 Å². The molecule has 0 aliphatic carbocycles. The van der Waals surface area contributed by atoms with Crippen molar-refractivity contribution in [1.29, 1.82) is 0 Å². The summed E-state index contributed by atoms with van der Waals surface area (Å²) in [4.78, 5) is 0. The van der Waals surface area contributed by atoms with Crippen molar-refractivity contribution in [3.63, 3.8) is 0 Å². The van der Waals surface area contributed by atoms with E-state index in [1.54, 1.807) is 10.4 Å². The number of rotatable bonds is 4. The monoisotopic (exact) mass is 309 g/mol. The highest BCUT2D eigenvalue weighted by molar-refractivity contribution is 7.88. The first-order valence-corrected chi connectivity index (χ1v) is 8.65. The maximum atomic E-state index is 12.6. The van der Waals surface area contributed by atoms with Crippen LogP contribution in [0, 0.1) is 5.92 Å². The molecule has 1 aromatic heterocycles. The number of fused-ring (bicyclic) bond motifs is 1. The van der Waals surface area contributed by atoms with Crippen LogP contribution < -0.4 is 5.73 Å². The quantitative estimate of drug-likeness (QED) is 0.920. The summed E-state index contributed by atoms with van der Waals surface area (Å²) in [5, 5.41) is 4.66. The summed E-state index contributed by atoms with van der Waals surface area (Å²) in [5.74, 6) is 0.106. The van der Waals surface area contributed by atoms with Gasteiger partial charge in [0.2, 0.25) is 10.0 Å². The van der Waals surface area contributed by atoms with Crippen LogP contribution >= 0.6 is 0 Å². The minimum Gasteiger partial charge on any atom is -0.356 e. The molecule has 6 nitrogen and oxygen atoms in total. The number of hydrogen-bond acceptors (Lipinski definition) is 5. The molecule has 0 bridgehead atoms. The van der Waals surface area contributed by atoms with Gasteiger partial charge in [0.05, 0.1) is 0 Å². The van der Waals surface area contributed by atoms with Crippen molar-refractivity contribution in [3.8, 4) is 0 Å². The number of hydrogen-bond donors (Lipinski definition) is 1. The molecule has 2 heterocycles. The highest BCUT2D eigenvalue weighted by atomic mass is 32.2. The second-order valence-electron chi connectivity index (χ2n) is 5.64. The molecule has 0 spiro atoms. The van der Waals surface area contributed by atoms with Crippen LogP contribution in [-0.2, 0) is 15.8 Å². The van der Waals surface area contributed by atoms with Gasteiger partial charge in [0, 0.05) is 18.0 Å². The summed E-state index contributed by atoms with van der Waals surface area (Å²) in [6.45, 7) is 2.94. The number of para-hydroxylation sites is 1. The fourth-order valence-corrected chi connectivity index (χ4v) is 4.76. The maximum Gasteiger partial charge on any atom is 0.220 e. The minimum atomic E-state index is -3.41. The smallest absolute Gasteiger partial charge is 0.220 e. The van der Waals surface area contributed by atoms with E-state index in [0.29, 0.717) is 24.4 Å². The van der Waals surface area contributed by atoms with Gasteiger partial charge in [-0.15, -0.1) is 0 Å². The summed E-state index contributed by atoms with van der Waals surface area (Å²) in [6, 6.07) is 7.27. The molecule has 114 valence electrons. The van der Waals surface area contributed by atoms with E-state index < -0.39 is 10.0 Å². The summed E-state index contributed by atoms with van der Waals surface area (Å²) in [7, 11) is -3.41. The molecular weight excluding hydrogens is 290 g/mol. The molecule has 0 radical (unpaired) electrons. The van der Waals surface area contributed by atoms with Gasteiger partial charge >= 0.3 is 0 Å². The molecule has 2 unspecified atom stereocenters. The van der Waals surface area contributed by atoms with Gasteiger partial charge in [-0.1, -0.05) is 17.3 Å². The second kappa shape index (κ2) is 5.40. The van der Waals surface area contributed by atoms with Crippen molar-refractivity contribution in [1.82, 2.24) is 9.46 Å². The number of benzene rings is 1. The van der Waals surface area contributed by atoms with Crippen molar-refractivity contribution < 1.29 is 12.9 Å². The molecule has 0 saturated carbocycles. The van der Waals surface area contributed by atoms with E-state index in [1.807, 2.05) is 25.1 Å². The second-order valence-corrected chi connectivity index (χ2v) is 7.56. The molecule has 0 amide bonds. The first kappa shape index (κ1) is 14.5. The average Bonchev–Trinajstić information content (AvgIpc) is 3.03. The van der Waals surface area contributed by atoms with Crippen molar-refractivity contribution in [3.05, 3.63) is 30.0 Å². The first-order chi connectivity index (χ1) is 10.0. The van der Waals surface area contributed by atoms with E-state index in [1.165, 1.54) is 0 Å². The molecule has 1 saturated heterocycles. The zero-order chi connectivity index (χ0) is 15.0. The Morgan fingerprint density at radius 3 is 2.90 bits per heavy atom. The van der Waals surface area contributed by atoms with Crippen LogP contribution in [-0.4, -0.2) is 37.0 Å². The van der Waals surface area contributed by atoms with E-state index in [2.05, 4.69) is 5.16 Å². The molecule has 2 aromatic rings. The standard InChI is InChI=1S/C14H19N3O3S/c1-10-6-11(7-15)8-17(10)21(18,19)9-13-12-4-2-3-5-14(12)20-16-13/h2-5,10-11H,6-9,15H2,1H3. The Kier molecular flexibility index (Phi) is 3.73. The highest BCUT2D eigenvalue weighted by Crippen LogP contribution is 2.28. The zero-order valence-electron chi connectivity index (χ0n) is 11.9. The van der Waals surface area contributed by atoms with Gasteiger partial charge in [0.1, 0.15) is 11.4 Å². The third-order valence-corrected chi connectivity index (χ3v) is 5.93. The largest absolute Gasteiger partial charge is 0.356 e. The van der Waals surface area contributed by atoms with Crippen LogP contribution in [0.5, 0.6) is 0 Å². The van der Waals surface area contributed by atoms with E-state index in [4.69, 9.17) is 10.3 Å². The van der Waals surface area contributed by atoms with Crippen molar-refractivity contribution in [2.24, 2.45) is 11.7 Å². The lowest BCUT2D eigenvalue weighted by molar-refractivity contribution is 0.401. The van der Waals surface area contributed by atoms with Crippen LogP contribution in [0.2, 0.25) is 0 Å². The van der Waals surface area contributed by atoms with Gasteiger partial charge in [-0.25, -0.2) is 8.42 Å². The van der Waals surface area contributed by atoms with Gasteiger partial charge in [-0.05, 0) is 37.9 Å². The number of nitrogens with zero attached hydrogens (tertiary/aromatic N) is 2. The van der Waals surface area contributed by atoms with Gasteiger partial charge in [-0.3, -0.25) is 0 Å². The Morgan fingerprint density at radius 1 is 1.43 bits per heavy atom. The topological polar surface area (TPSA) is 89.4 Å². The zero-order valence-corrected chi connectivity index (χ0v) is 12.7. The molecule has 1 aliphatic rings.